The molecule has 1 saturated carbocycles. The molecule has 1 aliphatic carbocycles. The van der Waals surface area contributed by atoms with Gasteiger partial charge in [0.2, 0.25) is 11.1 Å². The zero-order valence-electron chi connectivity index (χ0n) is 12.5. The first-order valence-corrected chi connectivity index (χ1v) is 9.06. The maximum absolute atomic E-state index is 12.0. The summed E-state index contributed by atoms with van der Waals surface area (Å²) in [5.74, 6) is 1.65. The van der Waals surface area contributed by atoms with E-state index < -0.39 is 0 Å². The van der Waals surface area contributed by atoms with Gasteiger partial charge in [-0.05, 0) is 37.5 Å². The fraction of sp³-hybridized carbons (Fsp3) is 0.400. The first kappa shape index (κ1) is 16.6. The number of benzene rings is 1. The summed E-state index contributed by atoms with van der Waals surface area (Å²) in [5.41, 5.74) is 0.909. The number of halogens is 2. The van der Waals surface area contributed by atoms with Crippen LogP contribution in [0.25, 0.3) is 0 Å². The standard InChI is InChI=1S/C15H16Cl2N4OS/c1-8(10-4-5-11(16)12(17)6-10)18-13(22)7-23-15-19-14(20-21-15)9-2-3-9/h4-6,8-9H,2-3,7H2,1H3,(H,18,22)(H,19,20,21). The Morgan fingerprint density at radius 2 is 2.22 bits per heavy atom. The van der Waals surface area contributed by atoms with Crippen molar-refractivity contribution in [3.8, 4) is 0 Å². The highest BCUT2D eigenvalue weighted by atomic mass is 35.5. The van der Waals surface area contributed by atoms with Crippen molar-refractivity contribution in [2.24, 2.45) is 0 Å². The van der Waals surface area contributed by atoms with Gasteiger partial charge in [-0.25, -0.2) is 4.98 Å². The second-order valence-corrected chi connectivity index (χ2v) is 7.29. The molecule has 2 aromatic rings. The fourth-order valence-electron chi connectivity index (χ4n) is 2.14. The van der Waals surface area contributed by atoms with Crippen molar-refractivity contribution in [1.29, 1.82) is 0 Å². The topological polar surface area (TPSA) is 70.7 Å². The molecule has 1 amide bonds. The molecule has 1 aromatic heterocycles. The Morgan fingerprint density at radius 1 is 1.43 bits per heavy atom. The second-order valence-electron chi connectivity index (χ2n) is 5.53. The van der Waals surface area contributed by atoms with E-state index in [-0.39, 0.29) is 17.7 Å². The van der Waals surface area contributed by atoms with Gasteiger partial charge in [-0.2, -0.15) is 0 Å². The number of amides is 1. The molecule has 5 nitrogen and oxygen atoms in total. The molecular formula is C15H16Cl2N4OS. The van der Waals surface area contributed by atoms with Crippen LogP contribution in [0.3, 0.4) is 0 Å². The summed E-state index contributed by atoms with van der Waals surface area (Å²) in [6.45, 7) is 1.90. The van der Waals surface area contributed by atoms with Crippen LogP contribution in [0, 0.1) is 0 Å². The van der Waals surface area contributed by atoms with Crippen molar-refractivity contribution < 1.29 is 4.79 Å². The number of aromatic nitrogens is 3. The molecule has 0 bridgehead atoms. The van der Waals surface area contributed by atoms with Crippen LogP contribution < -0.4 is 5.32 Å². The van der Waals surface area contributed by atoms with Crippen molar-refractivity contribution in [3.05, 3.63) is 39.6 Å². The minimum absolute atomic E-state index is 0.0775. The third-order valence-corrected chi connectivity index (χ3v) is 5.19. The lowest BCUT2D eigenvalue weighted by molar-refractivity contribution is -0.119. The number of nitrogens with one attached hydrogen (secondary N) is 2. The predicted molar refractivity (Wildman–Crippen MR) is 92.1 cm³/mol. The average molecular weight is 371 g/mol. The average Bonchev–Trinajstić information content (AvgIpc) is 3.26. The Morgan fingerprint density at radius 3 is 2.91 bits per heavy atom. The Kier molecular flexibility index (Phi) is 5.14. The number of hydrogen-bond donors (Lipinski definition) is 2. The highest BCUT2D eigenvalue weighted by Crippen LogP contribution is 2.38. The molecule has 1 fully saturated rings. The molecule has 1 aliphatic rings. The maximum atomic E-state index is 12.0. The second kappa shape index (κ2) is 7.11. The van der Waals surface area contributed by atoms with E-state index in [9.17, 15) is 4.79 Å². The Labute approximate surface area is 148 Å². The van der Waals surface area contributed by atoms with Crippen LogP contribution in [0.1, 0.15) is 43.1 Å². The molecule has 0 saturated heterocycles. The van der Waals surface area contributed by atoms with Crippen LogP contribution >= 0.6 is 35.0 Å². The van der Waals surface area contributed by atoms with Crippen LogP contribution in [-0.2, 0) is 4.79 Å². The number of H-pyrrole nitrogens is 1. The van der Waals surface area contributed by atoms with Gasteiger partial charge < -0.3 is 5.32 Å². The highest BCUT2D eigenvalue weighted by Gasteiger charge is 2.27. The van der Waals surface area contributed by atoms with Crippen LogP contribution in [0.5, 0.6) is 0 Å². The van der Waals surface area contributed by atoms with Crippen molar-refractivity contribution in [1.82, 2.24) is 20.5 Å². The van der Waals surface area contributed by atoms with E-state index in [2.05, 4.69) is 20.5 Å². The number of thioether (sulfide) groups is 1. The fourth-order valence-corrected chi connectivity index (χ4v) is 3.06. The van der Waals surface area contributed by atoms with E-state index in [0.29, 0.717) is 21.1 Å². The minimum Gasteiger partial charge on any atom is -0.349 e. The number of carbonyl (C=O) groups excluding carboxylic acids is 1. The van der Waals surface area contributed by atoms with Crippen LogP contribution in [0.4, 0.5) is 0 Å². The van der Waals surface area contributed by atoms with E-state index >= 15 is 0 Å². The van der Waals surface area contributed by atoms with Crippen LogP contribution in [0.15, 0.2) is 23.4 Å². The molecule has 0 spiro atoms. The van der Waals surface area contributed by atoms with E-state index in [0.717, 1.165) is 11.4 Å². The first-order chi connectivity index (χ1) is 11.0. The first-order valence-electron chi connectivity index (χ1n) is 7.32. The molecule has 8 heteroatoms. The summed E-state index contributed by atoms with van der Waals surface area (Å²) in [6.07, 6.45) is 2.34. The highest BCUT2D eigenvalue weighted by molar-refractivity contribution is 7.99. The van der Waals surface area contributed by atoms with Gasteiger partial charge in [-0.3, -0.25) is 9.89 Å². The van der Waals surface area contributed by atoms with Gasteiger partial charge >= 0.3 is 0 Å². The lowest BCUT2D eigenvalue weighted by Gasteiger charge is -2.14. The summed E-state index contributed by atoms with van der Waals surface area (Å²) in [4.78, 5) is 16.4. The largest absolute Gasteiger partial charge is 0.349 e. The van der Waals surface area contributed by atoms with Gasteiger partial charge in [-0.1, -0.05) is 41.0 Å². The number of nitrogens with zero attached hydrogens (tertiary/aromatic N) is 2. The third kappa shape index (κ3) is 4.40. The van der Waals surface area contributed by atoms with E-state index in [1.54, 1.807) is 12.1 Å². The Balaban J connectivity index is 1.50. The van der Waals surface area contributed by atoms with Crippen LogP contribution in [0.2, 0.25) is 10.0 Å². The molecule has 3 rings (SSSR count). The smallest absolute Gasteiger partial charge is 0.230 e. The lowest BCUT2D eigenvalue weighted by Crippen LogP contribution is -2.28. The summed E-state index contributed by atoms with van der Waals surface area (Å²) in [5, 5.41) is 11.6. The molecule has 1 atom stereocenters. The summed E-state index contributed by atoms with van der Waals surface area (Å²) in [6, 6.07) is 5.19. The third-order valence-electron chi connectivity index (χ3n) is 3.60. The molecular weight excluding hydrogens is 355 g/mol. The lowest BCUT2D eigenvalue weighted by atomic mass is 10.1. The molecule has 2 N–H and O–H groups in total. The molecule has 0 radical (unpaired) electrons. The Bertz CT molecular complexity index is 717. The van der Waals surface area contributed by atoms with Gasteiger partial charge in [0.15, 0.2) is 0 Å². The van der Waals surface area contributed by atoms with Gasteiger partial charge in [0, 0.05) is 5.92 Å². The number of rotatable bonds is 6. The van der Waals surface area contributed by atoms with E-state index in [1.165, 1.54) is 24.6 Å². The molecule has 1 aromatic carbocycles. The van der Waals surface area contributed by atoms with Gasteiger partial charge in [-0.15, -0.1) is 5.10 Å². The monoisotopic (exact) mass is 370 g/mol. The van der Waals surface area contributed by atoms with Crippen molar-refractivity contribution in [2.45, 2.75) is 36.9 Å². The van der Waals surface area contributed by atoms with Gasteiger partial charge in [0.05, 0.1) is 21.8 Å². The summed E-state index contributed by atoms with van der Waals surface area (Å²) < 4.78 is 0. The Hall–Kier alpha value is -1.24. The van der Waals surface area contributed by atoms with E-state index in [1.807, 2.05) is 13.0 Å². The maximum Gasteiger partial charge on any atom is 0.230 e. The van der Waals surface area contributed by atoms with Gasteiger partial charge in [0.1, 0.15) is 5.82 Å². The summed E-state index contributed by atoms with van der Waals surface area (Å²) in [7, 11) is 0. The van der Waals surface area contributed by atoms with Crippen LogP contribution in [-0.4, -0.2) is 26.8 Å². The van der Waals surface area contributed by atoms with Gasteiger partial charge in [0.25, 0.3) is 0 Å². The minimum atomic E-state index is -0.146. The zero-order valence-corrected chi connectivity index (χ0v) is 14.8. The van der Waals surface area contributed by atoms with E-state index in [4.69, 9.17) is 23.2 Å². The quantitative estimate of drug-likeness (QED) is 0.754. The molecule has 122 valence electrons. The summed E-state index contributed by atoms with van der Waals surface area (Å²) >= 11 is 13.2. The molecule has 23 heavy (non-hydrogen) atoms. The van der Waals surface area contributed by atoms with Crippen molar-refractivity contribution in [2.75, 3.05) is 5.75 Å². The SMILES string of the molecule is CC(NC(=O)CSc1n[nH]c(C2CC2)n1)c1ccc(Cl)c(Cl)c1. The number of carbonyl (C=O) groups is 1. The zero-order chi connectivity index (χ0) is 16.4. The molecule has 0 aliphatic heterocycles. The number of aromatic amines is 1. The van der Waals surface area contributed by atoms with Crippen molar-refractivity contribution in [3.63, 3.8) is 0 Å². The van der Waals surface area contributed by atoms with Crippen molar-refractivity contribution >= 4 is 40.9 Å². The molecule has 1 unspecified atom stereocenters. The normalized spacial score (nSPS) is 15.4. The number of hydrogen-bond acceptors (Lipinski definition) is 4. The predicted octanol–water partition coefficient (Wildman–Crippen LogP) is 3.96. The molecule has 1 heterocycles.